The van der Waals surface area contributed by atoms with Gasteiger partial charge in [-0.25, -0.2) is 17.2 Å². The minimum absolute atomic E-state index is 0.00409. The number of anilines is 2. The number of rotatable bonds is 6. The Hall–Kier alpha value is -3.83. The summed E-state index contributed by atoms with van der Waals surface area (Å²) >= 11 is 0. The van der Waals surface area contributed by atoms with Gasteiger partial charge in [0.2, 0.25) is 0 Å². The molecule has 11 heteroatoms. The summed E-state index contributed by atoms with van der Waals surface area (Å²) in [6.45, 7) is 3.94. The third kappa shape index (κ3) is 5.69. The second-order valence-electron chi connectivity index (χ2n) is 10.7. The molecule has 1 amide bonds. The third-order valence-corrected chi connectivity index (χ3v) is 9.40. The molecule has 8 nitrogen and oxygen atoms in total. The summed E-state index contributed by atoms with van der Waals surface area (Å²) < 4.78 is 59.7. The number of nitrogens with zero attached hydrogens (tertiary/aromatic N) is 3. The van der Waals surface area contributed by atoms with E-state index in [0.717, 1.165) is 31.5 Å². The molecule has 1 aromatic heterocycles. The number of hydrogen-bond acceptors (Lipinski definition) is 7. The van der Waals surface area contributed by atoms with Gasteiger partial charge in [-0.1, -0.05) is 12.1 Å². The standard InChI is InChI=1S/C30H30F2N4O4S/c1-19-15-21(7-8-22(19)29(37)36-9-2-3-10-36)33-30-34-27-6-4-5-23(28(27)40-30)20-16-25(31)24(26(32)17-20)18-35-11-13-41(38,39)14-12-35/h4-8,15-17H,2-3,9-14,18H2,1H3,(H,33,34). The molecule has 4 aromatic rings. The molecule has 214 valence electrons. The van der Waals surface area contributed by atoms with E-state index in [1.807, 2.05) is 17.9 Å². The molecular weight excluding hydrogens is 550 g/mol. The number of aryl methyl sites for hydroxylation is 1. The number of benzene rings is 3. The summed E-state index contributed by atoms with van der Waals surface area (Å²) in [4.78, 5) is 20.9. The van der Waals surface area contributed by atoms with Crippen LogP contribution in [-0.2, 0) is 16.4 Å². The molecule has 3 aromatic carbocycles. The van der Waals surface area contributed by atoms with Gasteiger partial charge >= 0.3 is 0 Å². The van der Waals surface area contributed by atoms with Crippen LogP contribution in [0.15, 0.2) is 52.9 Å². The van der Waals surface area contributed by atoms with E-state index < -0.39 is 21.5 Å². The third-order valence-electron chi connectivity index (χ3n) is 7.79. The number of carbonyl (C=O) groups excluding carboxylic acids is 1. The number of halogens is 2. The molecule has 0 spiro atoms. The Morgan fingerprint density at radius 1 is 1.00 bits per heavy atom. The first-order valence-electron chi connectivity index (χ1n) is 13.6. The zero-order valence-corrected chi connectivity index (χ0v) is 23.4. The van der Waals surface area contributed by atoms with E-state index in [1.165, 1.54) is 12.1 Å². The molecule has 2 saturated heterocycles. The van der Waals surface area contributed by atoms with Gasteiger partial charge in [-0.15, -0.1) is 0 Å². The molecule has 2 fully saturated rings. The van der Waals surface area contributed by atoms with Crippen molar-refractivity contribution in [2.24, 2.45) is 0 Å². The van der Waals surface area contributed by atoms with E-state index in [0.29, 0.717) is 33.5 Å². The highest BCUT2D eigenvalue weighted by Crippen LogP contribution is 2.34. The van der Waals surface area contributed by atoms with Crippen LogP contribution in [0.4, 0.5) is 20.5 Å². The van der Waals surface area contributed by atoms with Gasteiger partial charge in [0.05, 0.1) is 11.5 Å². The maximum Gasteiger partial charge on any atom is 0.300 e. The molecule has 6 rings (SSSR count). The van der Waals surface area contributed by atoms with Crippen molar-refractivity contribution in [3.63, 3.8) is 0 Å². The van der Waals surface area contributed by atoms with E-state index in [-0.39, 0.29) is 48.6 Å². The molecule has 41 heavy (non-hydrogen) atoms. The lowest BCUT2D eigenvalue weighted by Crippen LogP contribution is -2.40. The first-order valence-corrected chi connectivity index (χ1v) is 15.5. The summed E-state index contributed by atoms with van der Waals surface area (Å²) in [5.74, 6) is -1.41. The van der Waals surface area contributed by atoms with E-state index in [2.05, 4.69) is 10.3 Å². The van der Waals surface area contributed by atoms with Crippen LogP contribution in [0, 0.1) is 18.6 Å². The quantitative estimate of drug-likeness (QED) is 0.331. The highest BCUT2D eigenvalue weighted by Gasteiger charge is 2.25. The molecule has 1 N–H and O–H groups in total. The van der Waals surface area contributed by atoms with Crippen LogP contribution in [0.1, 0.15) is 34.3 Å². The van der Waals surface area contributed by atoms with Crippen molar-refractivity contribution in [3.05, 3.63) is 76.9 Å². The summed E-state index contributed by atoms with van der Waals surface area (Å²) in [7, 11) is -3.09. The smallest absolute Gasteiger partial charge is 0.300 e. The van der Waals surface area contributed by atoms with Gasteiger partial charge in [-0.3, -0.25) is 9.69 Å². The lowest BCUT2D eigenvalue weighted by atomic mass is 10.0. The number of likely N-dealkylation sites (tertiary alicyclic amines) is 1. The highest BCUT2D eigenvalue weighted by atomic mass is 32.2. The van der Waals surface area contributed by atoms with E-state index in [9.17, 15) is 13.2 Å². The molecule has 0 bridgehead atoms. The molecule has 0 radical (unpaired) electrons. The van der Waals surface area contributed by atoms with Crippen LogP contribution in [0.3, 0.4) is 0 Å². The Morgan fingerprint density at radius 3 is 2.39 bits per heavy atom. The SMILES string of the molecule is Cc1cc(Nc2nc3cccc(-c4cc(F)c(CN5CCS(=O)(=O)CC5)c(F)c4)c3o2)ccc1C(=O)N1CCCC1. The Bertz CT molecular complexity index is 1710. The van der Waals surface area contributed by atoms with E-state index >= 15 is 8.78 Å². The molecule has 0 atom stereocenters. The minimum Gasteiger partial charge on any atom is -0.423 e. The van der Waals surface area contributed by atoms with Gasteiger partial charge in [-0.2, -0.15) is 4.98 Å². The Balaban J connectivity index is 1.23. The van der Waals surface area contributed by atoms with Gasteiger partial charge in [0, 0.05) is 55.1 Å². The zero-order valence-electron chi connectivity index (χ0n) is 22.6. The fraction of sp³-hybridized carbons (Fsp3) is 0.333. The van der Waals surface area contributed by atoms with Crippen molar-refractivity contribution in [3.8, 4) is 11.1 Å². The van der Waals surface area contributed by atoms with Gasteiger partial charge < -0.3 is 14.6 Å². The van der Waals surface area contributed by atoms with Crippen molar-refractivity contribution >= 4 is 38.5 Å². The average molecular weight is 581 g/mol. The largest absolute Gasteiger partial charge is 0.423 e. The predicted octanol–water partition coefficient (Wildman–Crippen LogP) is 5.29. The maximum atomic E-state index is 15.2. The minimum atomic E-state index is -3.09. The van der Waals surface area contributed by atoms with Crippen molar-refractivity contribution < 1.29 is 26.4 Å². The number of hydrogen-bond donors (Lipinski definition) is 1. The van der Waals surface area contributed by atoms with Crippen molar-refractivity contribution in [1.29, 1.82) is 0 Å². The molecule has 0 saturated carbocycles. The second kappa shape index (κ2) is 10.9. The number of carbonyl (C=O) groups is 1. The predicted molar refractivity (Wildman–Crippen MR) is 153 cm³/mol. The Morgan fingerprint density at radius 2 is 1.71 bits per heavy atom. The number of sulfone groups is 1. The van der Waals surface area contributed by atoms with Crippen molar-refractivity contribution in [2.75, 3.05) is 43.0 Å². The van der Waals surface area contributed by atoms with Crippen LogP contribution in [-0.4, -0.2) is 66.8 Å². The van der Waals surface area contributed by atoms with E-state index in [4.69, 9.17) is 4.42 Å². The highest BCUT2D eigenvalue weighted by molar-refractivity contribution is 7.91. The van der Waals surface area contributed by atoms with Crippen LogP contribution in [0.25, 0.3) is 22.2 Å². The zero-order chi connectivity index (χ0) is 28.7. The topological polar surface area (TPSA) is 95.7 Å². The van der Waals surface area contributed by atoms with Gasteiger partial charge in [0.1, 0.15) is 17.2 Å². The number of oxazole rings is 1. The Labute approximate surface area is 236 Å². The van der Waals surface area contributed by atoms with E-state index in [1.54, 1.807) is 35.2 Å². The summed E-state index contributed by atoms with van der Waals surface area (Å²) in [6, 6.07) is 13.4. The first-order chi connectivity index (χ1) is 19.7. The summed E-state index contributed by atoms with van der Waals surface area (Å²) in [6.07, 6.45) is 2.06. The molecule has 2 aliphatic rings. The lowest BCUT2D eigenvalue weighted by Gasteiger charge is -2.26. The summed E-state index contributed by atoms with van der Waals surface area (Å²) in [5.41, 5.74) is 3.78. The number of fused-ring (bicyclic) bond motifs is 1. The molecule has 0 aliphatic carbocycles. The van der Waals surface area contributed by atoms with Crippen molar-refractivity contribution in [1.82, 2.24) is 14.8 Å². The lowest BCUT2D eigenvalue weighted by molar-refractivity contribution is 0.0792. The van der Waals surface area contributed by atoms with Crippen LogP contribution in [0.5, 0.6) is 0 Å². The first kappa shape index (κ1) is 27.3. The van der Waals surface area contributed by atoms with Crippen LogP contribution >= 0.6 is 0 Å². The number of para-hydroxylation sites is 1. The monoisotopic (exact) mass is 580 g/mol. The molecule has 2 aliphatic heterocycles. The molecule has 0 unspecified atom stereocenters. The molecule has 3 heterocycles. The van der Waals surface area contributed by atoms with Gasteiger partial charge in [0.15, 0.2) is 15.4 Å². The number of amides is 1. The number of nitrogens with one attached hydrogen (secondary N) is 1. The maximum absolute atomic E-state index is 15.2. The molecular formula is C30H30F2N4O4S. The van der Waals surface area contributed by atoms with Crippen LogP contribution in [0.2, 0.25) is 0 Å². The van der Waals surface area contributed by atoms with Crippen LogP contribution < -0.4 is 5.32 Å². The fourth-order valence-electron chi connectivity index (χ4n) is 5.47. The van der Waals surface area contributed by atoms with Gasteiger partial charge in [-0.05, 0) is 67.3 Å². The van der Waals surface area contributed by atoms with Gasteiger partial charge in [0.25, 0.3) is 11.9 Å². The fourth-order valence-corrected chi connectivity index (χ4v) is 6.74. The normalized spacial score (nSPS) is 17.3. The van der Waals surface area contributed by atoms with Crippen molar-refractivity contribution in [2.45, 2.75) is 26.3 Å². The second-order valence-corrected chi connectivity index (χ2v) is 13.0. The number of aromatic nitrogens is 1. The average Bonchev–Trinajstić information content (AvgIpc) is 3.61. The Kier molecular flexibility index (Phi) is 7.25. The summed E-state index contributed by atoms with van der Waals surface area (Å²) in [5, 5.41) is 3.13.